The molecule has 0 amide bonds. The number of rotatable bonds is 3. The number of benzene rings is 2. The Morgan fingerprint density at radius 3 is 1.52 bits per heavy atom. The Morgan fingerprint density at radius 2 is 1.19 bits per heavy atom. The fourth-order valence-electron chi connectivity index (χ4n) is 1.79. The Hall–Kier alpha value is -0.670. The van der Waals surface area contributed by atoms with Gasteiger partial charge in [-0.2, -0.15) is 0 Å². The summed E-state index contributed by atoms with van der Waals surface area (Å²) in [5.74, 6) is 0. The molecule has 0 saturated carbocycles. The summed E-state index contributed by atoms with van der Waals surface area (Å²) >= 11 is 18.3. The zero-order valence-electron chi connectivity index (χ0n) is 11.6. The Bertz CT molecular complexity index is 581. The molecule has 0 aliphatic heterocycles. The third kappa shape index (κ3) is 5.23. The molecule has 1 nitrogen and oxygen atoms in total. The molecule has 0 N–H and O–H groups in total. The molecule has 2 rings (SSSR count). The summed E-state index contributed by atoms with van der Waals surface area (Å²) in [6, 6.07) is 16.2. The lowest BCUT2D eigenvalue weighted by molar-refractivity contribution is 1.44. The summed E-state index contributed by atoms with van der Waals surface area (Å²) in [6.07, 6.45) is 0. The van der Waals surface area contributed by atoms with E-state index in [9.17, 15) is 0 Å². The molecule has 0 atom stereocenters. The quantitative estimate of drug-likeness (QED) is 0.366. The number of hydrogen-bond acceptors (Lipinski definition) is 2. The van der Waals surface area contributed by atoms with Gasteiger partial charge in [0, 0.05) is 23.1 Å². The third-order valence-corrected chi connectivity index (χ3v) is 3.99. The van der Waals surface area contributed by atoms with Crippen LogP contribution in [0.2, 0.25) is 0 Å². The highest BCUT2D eigenvalue weighted by atomic mass is 35.6. The molecule has 0 unspecified atom stereocenters. The number of halogens is 3. The van der Waals surface area contributed by atoms with E-state index in [4.69, 9.17) is 34.8 Å². The van der Waals surface area contributed by atoms with Crippen molar-refractivity contribution in [2.45, 2.75) is 17.0 Å². The molecule has 0 saturated heterocycles. The predicted octanol–water partition coefficient (Wildman–Crippen LogP) is 6.12. The molecule has 0 spiro atoms. The Kier molecular flexibility index (Phi) is 5.61. The zero-order valence-corrected chi connectivity index (χ0v) is 14.7. The van der Waals surface area contributed by atoms with Gasteiger partial charge in [0.1, 0.15) is 0 Å². The van der Waals surface area contributed by atoms with Gasteiger partial charge in [0.15, 0.2) is 0 Å². The average Bonchev–Trinajstić information content (AvgIpc) is 2.41. The van der Waals surface area contributed by atoms with Crippen molar-refractivity contribution in [2.75, 3.05) is 0 Å². The van der Waals surface area contributed by atoms with Crippen molar-refractivity contribution >= 4 is 52.5 Å². The second kappa shape index (κ2) is 7.06. The largest absolute Gasteiger partial charge is 0.258 e. The molecule has 5 heteroatoms. The van der Waals surface area contributed by atoms with Crippen molar-refractivity contribution in [3.63, 3.8) is 0 Å². The van der Waals surface area contributed by atoms with Crippen LogP contribution in [0.1, 0.15) is 22.3 Å². The van der Waals surface area contributed by atoms with Crippen LogP contribution in [0.15, 0.2) is 52.9 Å². The molecule has 2 aromatic rings. The van der Waals surface area contributed by atoms with Gasteiger partial charge in [-0.1, -0.05) is 94.5 Å². The van der Waals surface area contributed by atoms with Crippen molar-refractivity contribution in [3.8, 4) is 0 Å². The van der Waals surface area contributed by atoms with Gasteiger partial charge < -0.3 is 0 Å². The van der Waals surface area contributed by atoms with E-state index in [0.717, 1.165) is 28.8 Å². The molecule has 0 heterocycles. The molecule has 2 aromatic carbocycles. The summed E-state index contributed by atoms with van der Waals surface area (Å²) in [4.78, 5) is 0. The SMILES string of the molecule is Cc1ccc(C(=NSC(Cl)(Cl)Cl)c2ccc(C)cc2)cc1. The maximum absolute atomic E-state index is 5.79. The number of aryl methyl sites for hydroxylation is 2. The lowest BCUT2D eigenvalue weighted by Crippen LogP contribution is -2.04. The first kappa shape index (κ1) is 16.7. The molecule has 0 radical (unpaired) electrons. The number of alkyl halides is 3. The second-order valence-electron chi connectivity index (χ2n) is 4.71. The standard InChI is InChI=1S/C16H14Cl3NS/c1-11-3-7-13(8-4-11)15(20-21-16(17,18)19)14-9-5-12(2)6-10-14/h3-10H,1-2H3. The van der Waals surface area contributed by atoms with Gasteiger partial charge in [0.05, 0.1) is 5.71 Å². The van der Waals surface area contributed by atoms with Gasteiger partial charge in [-0.3, -0.25) is 0 Å². The van der Waals surface area contributed by atoms with Crippen LogP contribution in [-0.2, 0) is 0 Å². The highest BCUT2D eigenvalue weighted by Crippen LogP contribution is 2.40. The van der Waals surface area contributed by atoms with Crippen LogP contribution in [0.4, 0.5) is 0 Å². The molecule has 0 aromatic heterocycles. The molecular weight excluding hydrogens is 345 g/mol. The van der Waals surface area contributed by atoms with Crippen LogP contribution in [0, 0.1) is 13.8 Å². The summed E-state index contributed by atoms with van der Waals surface area (Å²) in [6.45, 7) is 4.09. The van der Waals surface area contributed by atoms with Gasteiger partial charge in [0.25, 0.3) is 3.12 Å². The van der Waals surface area contributed by atoms with Crippen molar-refractivity contribution in [1.29, 1.82) is 0 Å². The van der Waals surface area contributed by atoms with Crippen LogP contribution in [0.3, 0.4) is 0 Å². The Morgan fingerprint density at radius 1 is 0.810 bits per heavy atom. The summed E-state index contributed by atoms with van der Waals surface area (Å²) < 4.78 is 2.96. The highest BCUT2D eigenvalue weighted by molar-refractivity contribution is 8.03. The van der Waals surface area contributed by atoms with Gasteiger partial charge in [-0.25, -0.2) is 4.40 Å². The van der Waals surface area contributed by atoms with Gasteiger partial charge in [0.2, 0.25) is 0 Å². The molecule has 0 aliphatic carbocycles. The first-order chi connectivity index (χ1) is 9.85. The fourth-order valence-corrected chi connectivity index (χ4v) is 2.51. The zero-order chi connectivity index (χ0) is 15.5. The van der Waals surface area contributed by atoms with Crippen LogP contribution in [0.5, 0.6) is 0 Å². The fraction of sp³-hybridized carbons (Fsp3) is 0.188. The third-order valence-electron chi connectivity index (χ3n) is 2.89. The average molecular weight is 359 g/mol. The predicted molar refractivity (Wildman–Crippen MR) is 95.9 cm³/mol. The molecule has 110 valence electrons. The molecular formula is C16H14Cl3NS. The van der Waals surface area contributed by atoms with Crippen LogP contribution in [0.25, 0.3) is 0 Å². The number of hydrogen-bond donors (Lipinski definition) is 0. The molecule has 21 heavy (non-hydrogen) atoms. The minimum absolute atomic E-state index is 0.798. The summed E-state index contributed by atoms with van der Waals surface area (Å²) in [5, 5.41) is 0. The molecule has 0 fully saturated rings. The first-order valence-corrected chi connectivity index (χ1v) is 8.23. The topological polar surface area (TPSA) is 12.4 Å². The minimum Gasteiger partial charge on any atom is -0.211 e. The minimum atomic E-state index is -1.47. The highest BCUT2D eigenvalue weighted by Gasteiger charge is 2.21. The molecule has 0 bridgehead atoms. The first-order valence-electron chi connectivity index (χ1n) is 6.32. The van der Waals surface area contributed by atoms with E-state index in [1.807, 2.05) is 62.4 Å². The summed E-state index contributed by atoms with van der Waals surface area (Å²) in [7, 11) is 0. The Balaban J connectivity index is 2.43. The summed E-state index contributed by atoms with van der Waals surface area (Å²) in [5.41, 5.74) is 5.16. The van der Waals surface area contributed by atoms with E-state index in [2.05, 4.69) is 4.40 Å². The van der Waals surface area contributed by atoms with E-state index in [1.165, 1.54) is 11.1 Å². The Labute approximate surface area is 144 Å². The maximum Gasteiger partial charge on any atom is 0.258 e. The van der Waals surface area contributed by atoms with Gasteiger partial charge in [-0.05, 0) is 13.8 Å². The van der Waals surface area contributed by atoms with E-state index in [1.54, 1.807) is 0 Å². The van der Waals surface area contributed by atoms with Crippen LogP contribution in [-0.4, -0.2) is 8.84 Å². The smallest absolute Gasteiger partial charge is 0.211 e. The number of nitrogens with zero attached hydrogens (tertiary/aromatic N) is 1. The van der Waals surface area contributed by atoms with E-state index < -0.39 is 3.12 Å². The van der Waals surface area contributed by atoms with Gasteiger partial charge >= 0.3 is 0 Å². The van der Waals surface area contributed by atoms with E-state index in [-0.39, 0.29) is 0 Å². The van der Waals surface area contributed by atoms with Crippen molar-refractivity contribution in [2.24, 2.45) is 4.40 Å². The lowest BCUT2D eigenvalue weighted by Gasteiger charge is -2.10. The van der Waals surface area contributed by atoms with E-state index >= 15 is 0 Å². The normalized spacial score (nSPS) is 11.3. The van der Waals surface area contributed by atoms with E-state index in [0.29, 0.717) is 0 Å². The molecule has 0 aliphatic rings. The monoisotopic (exact) mass is 357 g/mol. The van der Waals surface area contributed by atoms with Crippen molar-refractivity contribution < 1.29 is 0 Å². The van der Waals surface area contributed by atoms with Crippen molar-refractivity contribution in [3.05, 3.63) is 70.8 Å². The van der Waals surface area contributed by atoms with Crippen LogP contribution < -0.4 is 0 Å². The second-order valence-corrected chi connectivity index (χ2v) is 8.64. The maximum atomic E-state index is 5.79. The lowest BCUT2D eigenvalue weighted by atomic mass is 10.0. The van der Waals surface area contributed by atoms with Crippen LogP contribution >= 0.6 is 46.8 Å². The van der Waals surface area contributed by atoms with Crippen molar-refractivity contribution in [1.82, 2.24) is 0 Å². The van der Waals surface area contributed by atoms with Gasteiger partial charge in [-0.15, -0.1) is 0 Å².